The van der Waals surface area contributed by atoms with Gasteiger partial charge >= 0.3 is 6.18 Å². The van der Waals surface area contributed by atoms with Crippen LogP contribution in [0.25, 0.3) is 0 Å². The second kappa shape index (κ2) is 8.72. The summed E-state index contributed by atoms with van der Waals surface area (Å²) in [5, 5.41) is 2.54. The summed E-state index contributed by atoms with van der Waals surface area (Å²) < 4.78 is 44.8. The molecule has 162 valence electrons. The Balaban J connectivity index is 1.53. The highest BCUT2D eigenvalue weighted by molar-refractivity contribution is 6.03. The SMILES string of the molecule is O=C(Nc1cc(C(F)(F)F)ccc1N1CCN(Cc2cocn2)CC1)c1ncccn1. The van der Waals surface area contributed by atoms with Crippen molar-refractivity contribution in [2.45, 2.75) is 12.7 Å². The van der Waals surface area contributed by atoms with Crippen LogP contribution >= 0.6 is 0 Å². The molecule has 1 amide bonds. The Bertz CT molecular complexity index is 1020. The van der Waals surface area contributed by atoms with Crippen LogP contribution in [0.15, 0.2) is 53.7 Å². The topological polar surface area (TPSA) is 87.4 Å². The Morgan fingerprint density at radius 3 is 2.48 bits per heavy atom. The predicted molar refractivity (Wildman–Crippen MR) is 105 cm³/mol. The summed E-state index contributed by atoms with van der Waals surface area (Å²) in [6, 6.07) is 4.90. The van der Waals surface area contributed by atoms with Crippen LogP contribution in [0.3, 0.4) is 0 Å². The molecule has 3 aromatic rings. The van der Waals surface area contributed by atoms with E-state index in [-0.39, 0.29) is 11.5 Å². The highest BCUT2D eigenvalue weighted by Gasteiger charge is 2.32. The van der Waals surface area contributed by atoms with E-state index < -0.39 is 17.6 Å². The minimum atomic E-state index is -4.53. The van der Waals surface area contributed by atoms with Crippen LogP contribution in [0, 0.1) is 0 Å². The van der Waals surface area contributed by atoms with E-state index in [1.165, 1.54) is 24.9 Å². The maximum Gasteiger partial charge on any atom is 0.416 e. The molecule has 1 aliphatic rings. The van der Waals surface area contributed by atoms with Crippen molar-refractivity contribution in [2.24, 2.45) is 0 Å². The normalized spacial score (nSPS) is 15.1. The summed E-state index contributed by atoms with van der Waals surface area (Å²) in [6.07, 6.45) is 1.21. The molecule has 1 aliphatic heterocycles. The lowest BCUT2D eigenvalue weighted by molar-refractivity contribution is -0.137. The Labute approximate surface area is 175 Å². The van der Waals surface area contributed by atoms with E-state index >= 15 is 0 Å². The molecule has 3 heterocycles. The molecule has 8 nitrogen and oxygen atoms in total. The Hall–Kier alpha value is -3.47. The second-order valence-corrected chi connectivity index (χ2v) is 7.00. The van der Waals surface area contributed by atoms with Gasteiger partial charge in [0.05, 0.1) is 22.6 Å². The Kier molecular flexibility index (Phi) is 5.85. The Morgan fingerprint density at radius 2 is 1.84 bits per heavy atom. The fraction of sp³-hybridized carbons (Fsp3) is 0.300. The summed E-state index contributed by atoms with van der Waals surface area (Å²) in [5.74, 6) is -0.797. The van der Waals surface area contributed by atoms with E-state index in [9.17, 15) is 18.0 Å². The molecule has 11 heteroatoms. The number of anilines is 2. The number of oxazole rings is 1. The van der Waals surface area contributed by atoms with Gasteiger partial charge in [-0.05, 0) is 24.3 Å². The van der Waals surface area contributed by atoms with Crippen LogP contribution in [0.2, 0.25) is 0 Å². The van der Waals surface area contributed by atoms with Crippen LogP contribution in [0.5, 0.6) is 0 Å². The molecule has 0 atom stereocenters. The number of halogens is 3. The van der Waals surface area contributed by atoms with Gasteiger partial charge in [0.2, 0.25) is 5.82 Å². The first-order chi connectivity index (χ1) is 14.9. The molecule has 0 aliphatic carbocycles. The number of benzene rings is 1. The minimum Gasteiger partial charge on any atom is -0.451 e. The highest BCUT2D eigenvalue weighted by Crippen LogP contribution is 2.36. The average Bonchev–Trinajstić information content (AvgIpc) is 3.27. The van der Waals surface area contributed by atoms with Crippen molar-refractivity contribution in [2.75, 3.05) is 36.4 Å². The molecule has 1 fully saturated rings. The number of amides is 1. The lowest BCUT2D eigenvalue weighted by Crippen LogP contribution is -2.46. The smallest absolute Gasteiger partial charge is 0.416 e. The van der Waals surface area contributed by atoms with Gasteiger partial charge in [0.1, 0.15) is 6.26 Å². The zero-order valence-corrected chi connectivity index (χ0v) is 16.3. The van der Waals surface area contributed by atoms with Crippen molar-refractivity contribution in [3.8, 4) is 0 Å². The monoisotopic (exact) mass is 432 g/mol. The number of alkyl halides is 3. The van der Waals surface area contributed by atoms with Gasteiger partial charge in [-0.1, -0.05) is 0 Å². The first kappa shape index (κ1) is 20.8. The van der Waals surface area contributed by atoms with Crippen molar-refractivity contribution >= 4 is 17.3 Å². The van der Waals surface area contributed by atoms with E-state index in [2.05, 4.69) is 25.2 Å². The maximum absolute atomic E-state index is 13.3. The molecule has 1 saturated heterocycles. The van der Waals surface area contributed by atoms with Crippen LogP contribution in [0.4, 0.5) is 24.5 Å². The van der Waals surface area contributed by atoms with E-state index in [0.29, 0.717) is 38.4 Å². The predicted octanol–water partition coefficient (Wildman–Crippen LogP) is 3.06. The van der Waals surface area contributed by atoms with Crippen LogP contribution < -0.4 is 10.2 Å². The van der Waals surface area contributed by atoms with Gasteiger partial charge in [-0.3, -0.25) is 9.69 Å². The molecule has 31 heavy (non-hydrogen) atoms. The third-order valence-corrected chi connectivity index (χ3v) is 4.92. The number of carbonyl (C=O) groups is 1. The number of hydrogen-bond donors (Lipinski definition) is 1. The number of hydrogen-bond acceptors (Lipinski definition) is 7. The zero-order valence-electron chi connectivity index (χ0n) is 16.3. The average molecular weight is 432 g/mol. The van der Waals surface area contributed by atoms with Crippen molar-refractivity contribution in [3.05, 3.63) is 66.4 Å². The Morgan fingerprint density at radius 1 is 1.10 bits per heavy atom. The minimum absolute atomic E-state index is 0.0669. The van der Waals surface area contributed by atoms with Gasteiger partial charge in [-0.15, -0.1) is 0 Å². The molecule has 0 bridgehead atoms. The maximum atomic E-state index is 13.3. The third kappa shape index (κ3) is 5.00. The fourth-order valence-electron chi connectivity index (χ4n) is 3.37. The number of nitrogens with zero attached hydrogens (tertiary/aromatic N) is 5. The summed E-state index contributed by atoms with van der Waals surface area (Å²) in [4.78, 5) is 28.4. The van der Waals surface area contributed by atoms with Gasteiger partial charge in [-0.2, -0.15) is 13.2 Å². The molecule has 0 saturated carbocycles. The van der Waals surface area contributed by atoms with Gasteiger partial charge in [-0.25, -0.2) is 15.0 Å². The van der Waals surface area contributed by atoms with Gasteiger partial charge < -0.3 is 14.6 Å². The van der Waals surface area contributed by atoms with Crippen LogP contribution in [-0.4, -0.2) is 51.9 Å². The number of piperazine rings is 1. The number of aromatic nitrogens is 3. The molecule has 0 unspecified atom stereocenters. The highest BCUT2D eigenvalue weighted by atomic mass is 19.4. The summed E-state index contributed by atoms with van der Waals surface area (Å²) in [6.45, 7) is 3.15. The molecule has 0 radical (unpaired) electrons. The van der Waals surface area contributed by atoms with Gasteiger partial charge in [0, 0.05) is 45.1 Å². The molecule has 2 aromatic heterocycles. The molecule has 0 spiro atoms. The number of nitrogens with one attached hydrogen (secondary N) is 1. The largest absolute Gasteiger partial charge is 0.451 e. The van der Waals surface area contributed by atoms with Crippen molar-refractivity contribution < 1.29 is 22.4 Å². The number of carbonyl (C=O) groups excluding carboxylic acids is 1. The number of rotatable bonds is 5. The zero-order chi connectivity index (χ0) is 21.8. The van der Waals surface area contributed by atoms with E-state index in [1.54, 1.807) is 12.3 Å². The molecule has 1 N–H and O–H groups in total. The third-order valence-electron chi connectivity index (χ3n) is 4.92. The van der Waals surface area contributed by atoms with Crippen molar-refractivity contribution in [1.29, 1.82) is 0 Å². The summed E-state index contributed by atoms with van der Waals surface area (Å²) in [5.41, 5.74) is 0.555. The molecular weight excluding hydrogens is 413 g/mol. The lowest BCUT2D eigenvalue weighted by atomic mass is 10.1. The fourth-order valence-corrected chi connectivity index (χ4v) is 3.37. The van der Waals surface area contributed by atoms with Crippen molar-refractivity contribution in [1.82, 2.24) is 19.9 Å². The lowest BCUT2D eigenvalue weighted by Gasteiger charge is -2.36. The summed E-state index contributed by atoms with van der Waals surface area (Å²) in [7, 11) is 0. The van der Waals surface area contributed by atoms with Gasteiger partial charge in [0.15, 0.2) is 6.39 Å². The molecule has 4 rings (SSSR count). The quantitative estimate of drug-likeness (QED) is 0.663. The van der Waals surface area contributed by atoms with Crippen LogP contribution in [-0.2, 0) is 12.7 Å². The van der Waals surface area contributed by atoms with E-state index in [4.69, 9.17) is 4.42 Å². The molecule has 1 aromatic carbocycles. The van der Waals surface area contributed by atoms with Crippen LogP contribution in [0.1, 0.15) is 21.9 Å². The standard InChI is InChI=1S/C20H19F3N6O2/c21-20(22,23)14-2-3-17(16(10-14)27-19(30)18-24-4-1-5-25-18)29-8-6-28(7-9-29)11-15-12-31-13-26-15/h1-5,10,12-13H,6-9,11H2,(H,27,30). The van der Waals surface area contributed by atoms with E-state index in [1.807, 2.05) is 4.90 Å². The summed E-state index contributed by atoms with van der Waals surface area (Å²) >= 11 is 0. The first-order valence-corrected chi connectivity index (χ1v) is 9.54. The second-order valence-electron chi connectivity index (χ2n) is 7.00. The first-order valence-electron chi connectivity index (χ1n) is 9.54. The van der Waals surface area contributed by atoms with Crippen molar-refractivity contribution in [3.63, 3.8) is 0 Å². The van der Waals surface area contributed by atoms with Gasteiger partial charge in [0.25, 0.3) is 5.91 Å². The van der Waals surface area contributed by atoms with E-state index in [0.717, 1.165) is 17.8 Å². The molecular formula is C20H19F3N6O2.